The van der Waals surface area contributed by atoms with Crippen LogP contribution < -0.4 is 5.32 Å². The number of amides is 1. The summed E-state index contributed by atoms with van der Waals surface area (Å²) in [7, 11) is 0. The molecule has 1 aliphatic heterocycles. The molecule has 2 N–H and O–H groups in total. The molecule has 0 unspecified atom stereocenters. The van der Waals surface area contributed by atoms with Gasteiger partial charge in [0, 0.05) is 35.4 Å². The van der Waals surface area contributed by atoms with Crippen LogP contribution in [0.5, 0.6) is 0 Å². The molecule has 0 saturated carbocycles. The Morgan fingerprint density at radius 1 is 1.19 bits per heavy atom. The SMILES string of the molecule is Cc1[nH]c2ccccc2c1C(=O)Nc1ccn(CCCN2CCCC2)n1. The van der Waals surface area contributed by atoms with Gasteiger partial charge < -0.3 is 15.2 Å². The first-order valence-corrected chi connectivity index (χ1v) is 9.35. The van der Waals surface area contributed by atoms with Crippen LogP contribution >= 0.6 is 0 Å². The summed E-state index contributed by atoms with van der Waals surface area (Å²) in [5.41, 5.74) is 2.53. The number of H-pyrrole nitrogens is 1. The monoisotopic (exact) mass is 351 g/mol. The summed E-state index contributed by atoms with van der Waals surface area (Å²) in [6.07, 6.45) is 5.66. The largest absolute Gasteiger partial charge is 0.358 e. The van der Waals surface area contributed by atoms with Crippen molar-refractivity contribution in [1.29, 1.82) is 0 Å². The minimum absolute atomic E-state index is 0.123. The maximum Gasteiger partial charge on any atom is 0.259 e. The van der Waals surface area contributed by atoms with E-state index < -0.39 is 0 Å². The quantitative estimate of drug-likeness (QED) is 0.715. The molecule has 6 nitrogen and oxygen atoms in total. The van der Waals surface area contributed by atoms with Crippen LogP contribution in [0.1, 0.15) is 35.3 Å². The van der Waals surface area contributed by atoms with E-state index >= 15 is 0 Å². The number of benzene rings is 1. The van der Waals surface area contributed by atoms with Gasteiger partial charge >= 0.3 is 0 Å². The second kappa shape index (κ2) is 7.33. The highest BCUT2D eigenvalue weighted by Crippen LogP contribution is 2.22. The van der Waals surface area contributed by atoms with Crippen LogP contribution in [0.2, 0.25) is 0 Å². The van der Waals surface area contributed by atoms with E-state index in [2.05, 4.69) is 20.3 Å². The second-order valence-corrected chi connectivity index (χ2v) is 6.99. The Morgan fingerprint density at radius 3 is 2.85 bits per heavy atom. The summed E-state index contributed by atoms with van der Waals surface area (Å²) in [5.74, 6) is 0.475. The fourth-order valence-corrected chi connectivity index (χ4v) is 3.76. The molecule has 1 aliphatic rings. The highest BCUT2D eigenvalue weighted by molar-refractivity contribution is 6.13. The summed E-state index contributed by atoms with van der Waals surface area (Å²) in [6, 6.07) is 9.71. The molecule has 0 aliphatic carbocycles. The van der Waals surface area contributed by atoms with Gasteiger partial charge in [-0.1, -0.05) is 18.2 Å². The van der Waals surface area contributed by atoms with Gasteiger partial charge in [0.2, 0.25) is 0 Å². The number of carbonyl (C=O) groups excluding carboxylic acids is 1. The molecule has 2 aromatic heterocycles. The third-order valence-electron chi connectivity index (χ3n) is 5.06. The maximum atomic E-state index is 12.7. The standard InChI is InChI=1S/C20H25N5O/c1-15-19(16-7-2-3-8-17(16)21-15)20(26)22-18-9-14-25(23-18)13-6-12-24-10-4-5-11-24/h2-3,7-9,14,21H,4-6,10-13H2,1H3,(H,22,23,26). The van der Waals surface area contributed by atoms with Gasteiger partial charge in [-0.15, -0.1) is 0 Å². The minimum atomic E-state index is -0.123. The number of anilines is 1. The van der Waals surface area contributed by atoms with Crippen molar-refractivity contribution in [3.05, 3.63) is 47.8 Å². The number of aryl methyl sites for hydroxylation is 2. The van der Waals surface area contributed by atoms with Crippen LogP contribution in [-0.4, -0.2) is 45.2 Å². The van der Waals surface area contributed by atoms with E-state index in [4.69, 9.17) is 0 Å². The number of nitrogens with zero attached hydrogens (tertiary/aromatic N) is 3. The lowest BCUT2D eigenvalue weighted by atomic mass is 10.1. The van der Waals surface area contributed by atoms with Crippen LogP contribution in [0.25, 0.3) is 10.9 Å². The van der Waals surface area contributed by atoms with Crippen LogP contribution in [-0.2, 0) is 6.54 Å². The van der Waals surface area contributed by atoms with Crippen molar-refractivity contribution in [2.24, 2.45) is 0 Å². The summed E-state index contributed by atoms with van der Waals surface area (Å²) < 4.78 is 1.91. The van der Waals surface area contributed by atoms with Crippen molar-refractivity contribution in [3.63, 3.8) is 0 Å². The van der Waals surface area contributed by atoms with Gasteiger partial charge in [0.15, 0.2) is 5.82 Å². The Labute approximate surface area is 153 Å². The predicted molar refractivity (Wildman–Crippen MR) is 104 cm³/mol. The number of para-hydroxylation sites is 1. The molecule has 1 fully saturated rings. The molecule has 6 heteroatoms. The lowest BCUT2D eigenvalue weighted by Crippen LogP contribution is -2.21. The zero-order valence-corrected chi connectivity index (χ0v) is 15.2. The van der Waals surface area contributed by atoms with Crippen molar-refractivity contribution in [2.45, 2.75) is 32.7 Å². The number of hydrogen-bond donors (Lipinski definition) is 2. The molecule has 3 heterocycles. The van der Waals surface area contributed by atoms with Crippen molar-refractivity contribution < 1.29 is 4.79 Å². The molecule has 4 rings (SSSR count). The van der Waals surface area contributed by atoms with Gasteiger partial charge in [-0.3, -0.25) is 9.48 Å². The van der Waals surface area contributed by atoms with Crippen molar-refractivity contribution in [3.8, 4) is 0 Å². The molecule has 1 aromatic carbocycles. The van der Waals surface area contributed by atoms with Crippen molar-refractivity contribution in [2.75, 3.05) is 25.0 Å². The highest BCUT2D eigenvalue weighted by Gasteiger charge is 2.17. The van der Waals surface area contributed by atoms with Crippen LogP contribution in [0.3, 0.4) is 0 Å². The Kier molecular flexibility index (Phi) is 4.75. The molecule has 0 bridgehead atoms. The summed E-state index contributed by atoms with van der Waals surface area (Å²) in [5, 5.41) is 8.36. The van der Waals surface area contributed by atoms with E-state index in [1.165, 1.54) is 25.9 Å². The smallest absolute Gasteiger partial charge is 0.259 e. The number of rotatable bonds is 6. The van der Waals surface area contributed by atoms with Gasteiger partial charge in [-0.25, -0.2) is 0 Å². The number of aromatic amines is 1. The third-order valence-corrected chi connectivity index (χ3v) is 5.06. The number of hydrogen-bond acceptors (Lipinski definition) is 3. The number of fused-ring (bicyclic) bond motifs is 1. The lowest BCUT2D eigenvalue weighted by molar-refractivity contribution is 0.102. The second-order valence-electron chi connectivity index (χ2n) is 6.99. The third kappa shape index (κ3) is 3.51. The van der Waals surface area contributed by atoms with Crippen LogP contribution in [0, 0.1) is 6.92 Å². The Hall–Kier alpha value is -2.60. The topological polar surface area (TPSA) is 66.0 Å². The predicted octanol–water partition coefficient (Wildman–Crippen LogP) is 3.41. The molecule has 0 radical (unpaired) electrons. The van der Waals surface area contributed by atoms with Gasteiger partial charge in [0.1, 0.15) is 0 Å². The molecule has 136 valence electrons. The van der Waals surface area contributed by atoms with E-state index in [0.29, 0.717) is 11.4 Å². The average Bonchev–Trinajstić information content (AvgIpc) is 3.34. The fourth-order valence-electron chi connectivity index (χ4n) is 3.76. The number of aromatic nitrogens is 3. The number of nitrogens with one attached hydrogen (secondary N) is 2. The molecular weight excluding hydrogens is 326 g/mol. The Morgan fingerprint density at radius 2 is 2.00 bits per heavy atom. The molecule has 26 heavy (non-hydrogen) atoms. The first-order chi connectivity index (χ1) is 12.7. The van der Waals surface area contributed by atoms with Gasteiger partial charge in [-0.05, 0) is 51.9 Å². The number of carbonyl (C=O) groups is 1. The molecule has 0 atom stereocenters. The lowest BCUT2D eigenvalue weighted by Gasteiger charge is -2.13. The Balaban J connectivity index is 1.38. The van der Waals surface area contributed by atoms with E-state index in [1.54, 1.807) is 0 Å². The summed E-state index contributed by atoms with van der Waals surface area (Å²) >= 11 is 0. The van der Waals surface area contributed by atoms with Gasteiger partial charge in [0.05, 0.1) is 5.56 Å². The highest BCUT2D eigenvalue weighted by atomic mass is 16.1. The molecule has 3 aromatic rings. The molecular formula is C20H25N5O. The van der Waals surface area contributed by atoms with Crippen molar-refractivity contribution in [1.82, 2.24) is 19.7 Å². The van der Waals surface area contributed by atoms with E-state index in [1.807, 2.05) is 48.1 Å². The van der Waals surface area contributed by atoms with Gasteiger partial charge in [0.25, 0.3) is 5.91 Å². The van der Waals surface area contributed by atoms with Crippen molar-refractivity contribution >= 4 is 22.6 Å². The molecule has 1 saturated heterocycles. The average molecular weight is 351 g/mol. The normalized spacial score (nSPS) is 15.0. The molecule has 0 spiro atoms. The first-order valence-electron chi connectivity index (χ1n) is 9.35. The van der Waals surface area contributed by atoms with Gasteiger partial charge in [-0.2, -0.15) is 5.10 Å². The zero-order valence-electron chi connectivity index (χ0n) is 15.2. The first kappa shape index (κ1) is 16.8. The summed E-state index contributed by atoms with van der Waals surface area (Å²) in [4.78, 5) is 18.5. The van der Waals surface area contributed by atoms with E-state index in [9.17, 15) is 4.79 Å². The minimum Gasteiger partial charge on any atom is -0.358 e. The van der Waals surface area contributed by atoms with Crippen LogP contribution in [0.15, 0.2) is 36.5 Å². The fraction of sp³-hybridized carbons (Fsp3) is 0.400. The maximum absolute atomic E-state index is 12.7. The number of likely N-dealkylation sites (tertiary alicyclic amines) is 1. The molecule has 1 amide bonds. The van der Waals surface area contributed by atoms with Crippen LogP contribution in [0.4, 0.5) is 5.82 Å². The summed E-state index contributed by atoms with van der Waals surface area (Å²) in [6.45, 7) is 6.37. The van der Waals surface area contributed by atoms with E-state index in [-0.39, 0.29) is 5.91 Å². The zero-order chi connectivity index (χ0) is 17.9. The Bertz CT molecular complexity index is 904. The van der Waals surface area contributed by atoms with E-state index in [0.717, 1.165) is 36.1 Å².